The molecule has 1 aliphatic heterocycles. The second-order valence-electron chi connectivity index (χ2n) is 5.00. The lowest BCUT2D eigenvalue weighted by molar-refractivity contribution is 0.232. The number of nitrogens with zero attached hydrogens (tertiary/aromatic N) is 3. The van der Waals surface area contributed by atoms with E-state index in [1.165, 1.54) is 25.9 Å². The highest BCUT2D eigenvalue weighted by Crippen LogP contribution is 2.17. The van der Waals surface area contributed by atoms with Crippen LogP contribution in [0.5, 0.6) is 5.88 Å². The van der Waals surface area contributed by atoms with E-state index in [0.29, 0.717) is 12.5 Å². The summed E-state index contributed by atoms with van der Waals surface area (Å²) in [5, 5.41) is 0. The monoisotopic (exact) mass is 269 g/mol. The molecule has 0 atom stereocenters. The third-order valence-corrected chi connectivity index (χ3v) is 3.55. The highest BCUT2D eigenvalue weighted by Gasteiger charge is 2.10. The Bertz CT molecular complexity index is 521. The van der Waals surface area contributed by atoms with Gasteiger partial charge in [-0.25, -0.2) is 4.98 Å². The molecule has 3 heterocycles. The first kappa shape index (κ1) is 13.1. The van der Waals surface area contributed by atoms with E-state index in [9.17, 15) is 0 Å². The van der Waals surface area contributed by atoms with Gasteiger partial charge in [0.15, 0.2) is 0 Å². The Balaban J connectivity index is 1.53. The zero-order valence-electron chi connectivity index (χ0n) is 11.5. The van der Waals surface area contributed by atoms with Crippen molar-refractivity contribution in [2.75, 3.05) is 26.2 Å². The third kappa shape index (κ3) is 3.33. The molecule has 0 N–H and O–H groups in total. The Labute approximate surface area is 119 Å². The van der Waals surface area contributed by atoms with Gasteiger partial charge in [-0.15, -0.1) is 0 Å². The van der Waals surface area contributed by atoms with Gasteiger partial charge >= 0.3 is 0 Å². The Hall–Kier alpha value is -1.94. The van der Waals surface area contributed by atoms with Crippen LogP contribution in [0.1, 0.15) is 12.8 Å². The largest absolute Gasteiger partial charge is 0.476 e. The van der Waals surface area contributed by atoms with E-state index in [0.717, 1.165) is 17.8 Å². The van der Waals surface area contributed by atoms with Gasteiger partial charge in [-0.2, -0.15) is 0 Å². The molecule has 0 spiro atoms. The number of likely N-dealkylation sites (tertiary alicyclic amines) is 1. The van der Waals surface area contributed by atoms with Gasteiger partial charge in [-0.1, -0.05) is 6.07 Å². The molecular formula is C16H19N3O. The fourth-order valence-electron chi connectivity index (χ4n) is 2.44. The number of ether oxygens (including phenoxy) is 1. The molecule has 104 valence electrons. The van der Waals surface area contributed by atoms with Crippen LogP contribution in [0.4, 0.5) is 0 Å². The molecule has 2 aromatic heterocycles. The lowest BCUT2D eigenvalue weighted by atomic mass is 10.2. The molecule has 4 nitrogen and oxygen atoms in total. The topological polar surface area (TPSA) is 38.2 Å². The molecule has 0 radical (unpaired) electrons. The van der Waals surface area contributed by atoms with Crippen molar-refractivity contribution in [1.82, 2.24) is 14.9 Å². The van der Waals surface area contributed by atoms with E-state index in [2.05, 4.69) is 14.9 Å². The summed E-state index contributed by atoms with van der Waals surface area (Å²) in [7, 11) is 0. The number of hydrogen-bond donors (Lipinski definition) is 0. The van der Waals surface area contributed by atoms with E-state index >= 15 is 0 Å². The first-order valence-corrected chi connectivity index (χ1v) is 7.14. The average molecular weight is 269 g/mol. The molecule has 4 heteroatoms. The summed E-state index contributed by atoms with van der Waals surface area (Å²) in [6.45, 7) is 4.10. The van der Waals surface area contributed by atoms with Gasteiger partial charge in [0.2, 0.25) is 5.88 Å². The van der Waals surface area contributed by atoms with Crippen molar-refractivity contribution < 1.29 is 4.74 Å². The zero-order valence-corrected chi connectivity index (χ0v) is 11.5. The van der Waals surface area contributed by atoms with Crippen LogP contribution in [0.2, 0.25) is 0 Å². The average Bonchev–Trinajstić information content (AvgIpc) is 3.02. The molecule has 3 rings (SSSR count). The SMILES string of the molecule is c1ccc(-c2ccc(OCCN3CCCC3)nc2)nc1. The summed E-state index contributed by atoms with van der Waals surface area (Å²) < 4.78 is 5.69. The molecule has 20 heavy (non-hydrogen) atoms. The predicted octanol–water partition coefficient (Wildman–Crippen LogP) is 2.62. The first-order valence-electron chi connectivity index (χ1n) is 7.14. The minimum Gasteiger partial charge on any atom is -0.476 e. The Morgan fingerprint density at radius 1 is 1.05 bits per heavy atom. The molecule has 1 fully saturated rings. The highest BCUT2D eigenvalue weighted by atomic mass is 16.5. The van der Waals surface area contributed by atoms with Gasteiger partial charge in [-0.3, -0.25) is 9.88 Å². The maximum Gasteiger partial charge on any atom is 0.213 e. The lowest BCUT2D eigenvalue weighted by Crippen LogP contribution is -2.25. The molecule has 0 amide bonds. The van der Waals surface area contributed by atoms with Crippen molar-refractivity contribution in [2.24, 2.45) is 0 Å². The summed E-state index contributed by atoms with van der Waals surface area (Å²) in [6, 6.07) is 9.77. The lowest BCUT2D eigenvalue weighted by Gasteiger charge is -2.14. The molecule has 0 aliphatic carbocycles. The summed E-state index contributed by atoms with van der Waals surface area (Å²) in [4.78, 5) is 11.1. The van der Waals surface area contributed by atoms with Crippen LogP contribution in [0.15, 0.2) is 42.7 Å². The minimum absolute atomic E-state index is 0.684. The smallest absolute Gasteiger partial charge is 0.213 e. The number of pyridine rings is 2. The van der Waals surface area contributed by atoms with Gasteiger partial charge in [-0.05, 0) is 44.1 Å². The van der Waals surface area contributed by atoms with E-state index in [1.807, 2.05) is 36.5 Å². The summed E-state index contributed by atoms with van der Waals surface area (Å²) in [5.74, 6) is 0.684. The van der Waals surface area contributed by atoms with Crippen LogP contribution >= 0.6 is 0 Å². The van der Waals surface area contributed by atoms with Gasteiger partial charge in [0, 0.05) is 30.6 Å². The molecule has 1 aliphatic rings. The summed E-state index contributed by atoms with van der Waals surface area (Å²) in [6.07, 6.45) is 6.23. The maximum atomic E-state index is 5.69. The Morgan fingerprint density at radius 2 is 1.95 bits per heavy atom. The summed E-state index contributed by atoms with van der Waals surface area (Å²) >= 11 is 0. The van der Waals surface area contributed by atoms with Gasteiger partial charge < -0.3 is 4.74 Å². The molecule has 0 aromatic carbocycles. The van der Waals surface area contributed by atoms with E-state index in [4.69, 9.17) is 4.74 Å². The molecule has 2 aromatic rings. The van der Waals surface area contributed by atoms with Crippen molar-refractivity contribution in [3.05, 3.63) is 42.7 Å². The van der Waals surface area contributed by atoms with Gasteiger partial charge in [0.1, 0.15) is 6.61 Å². The number of rotatable bonds is 5. The maximum absolute atomic E-state index is 5.69. The zero-order chi connectivity index (χ0) is 13.6. The Morgan fingerprint density at radius 3 is 2.65 bits per heavy atom. The number of hydrogen-bond acceptors (Lipinski definition) is 4. The van der Waals surface area contributed by atoms with Crippen molar-refractivity contribution >= 4 is 0 Å². The van der Waals surface area contributed by atoms with Gasteiger partial charge in [0.25, 0.3) is 0 Å². The van der Waals surface area contributed by atoms with Crippen molar-refractivity contribution in [2.45, 2.75) is 12.8 Å². The van der Waals surface area contributed by atoms with Crippen molar-refractivity contribution in [1.29, 1.82) is 0 Å². The van der Waals surface area contributed by atoms with E-state index in [-0.39, 0.29) is 0 Å². The standard InChI is InChI=1S/C16H19N3O/c1-2-8-17-15(5-1)14-6-7-16(18-13-14)20-12-11-19-9-3-4-10-19/h1-2,5-8,13H,3-4,9-12H2. The van der Waals surface area contributed by atoms with Crippen LogP contribution in [0.3, 0.4) is 0 Å². The first-order chi connectivity index (χ1) is 9.92. The van der Waals surface area contributed by atoms with Crippen LogP contribution in [0, 0.1) is 0 Å². The second-order valence-corrected chi connectivity index (χ2v) is 5.00. The molecule has 0 bridgehead atoms. The highest BCUT2D eigenvalue weighted by molar-refractivity contribution is 5.57. The second kappa shape index (κ2) is 6.48. The van der Waals surface area contributed by atoms with Crippen LogP contribution in [-0.2, 0) is 0 Å². The van der Waals surface area contributed by atoms with Crippen LogP contribution in [0.25, 0.3) is 11.3 Å². The normalized spacial score (nSPS) is 15.4. The quantitative estimate of drug-likeness (QED) is 0.836. The Kier molecular flexibility index (Phi) is 4.23. The van der Waals surface area contributed by atoms with Crippen molar-refractivity contribution in [3.8, 4) is 17.1 Å². The van der Waals surface area contributed by atoms with Crippen LogP contribution in [-0.4, -0.2) is 41.1 Å². The fraction of sp³-hybridized carbons (Fsp3) is 0.375. The van der Waals surface area contributed by atoms with E-state index < -0.39 is 0 Å². The molecule has 0 saturated carbocycles. The summed E-state index contributed by atoms with van der Waals surface area (Å²) in [5.41, 5.74) is 1.95. The van der Waals surface area contributed by atoms with Crippen LogP contribution < -0.4 is 4.74 Å². The predicted molar refractivity (Wildman–Crippen MR) is 78.6 cm³/mol. The third-order valence-electron chi connectivity index (χ3n) is 3.55. The molecular weight excluding hydrogens is 250 g/mol. The molecule has 1 saturated heterocycles. The van der Waals surface area contributed by atoms with Crippen molar-refractivity contribution in [3.63, 3.8) is 0 Å². The van der Waals surface area contributed by atoms with E-state index in [1.54, 1.807) is 6.20 Å². The molecule has 0 unspecified atom stereocenters. The number of aromatic nitrogens is 2. The van der Waals surface area contributed by atoms with Gasteiger partial charge in [0.05, 0.1) is 5.69 Å². The minimum atomic E-state index is 0.684. The fourth-order valence-corrected chi connectivity index (χ4v) is 2.44.